The highest BCUT2D eigenvalue weighted by Crippen LogP contribution is 2.10. The molecule has 0 aromatic rings. The molecule has 0 rings (SSSR count). The zero-order valence-corrected chi connectivity index (χ0v) is 9.35. The summed E-state index contributed by atoms with van der Waals surface area (Å²) in [5.41, 5.74) is -1.40. The summed E-state index contributed by atoms with van der Waals surface area (Å²) < 4.78 is 51.4. The Bertz CT molecular complexity index is 279. The van der Waals surface area contributed by atoms with Crippen molar-refractivity contribution < 1.29 is 27.0 Å². The van der Waals surface area contributed by atoms with Gasteiger partial charge in [-0.15, -0.1) is 0 Å². The predicted molar refractivity (Wildman–Crippen MR) is 50.0 cm³/mol. The second-order valence-corrected chi connectivity index (χ2v) is 5.10. The molecule has 0 fully saturated rings. The Morgan fingerprint density at radius 3 is 2.47 bits per heavy atom. The highest BCUT2D eigenvalue weighted by Gasteiger charge is 2.28. The van der Waals surface area contributed by atoms with Gasteiger partial charge >= 0.3 is 5.76 Å². The van der Waals surface area contributed by atoms with Crippen LogP contribution >= 0.6 is 0 Å². The molecule has 1 atom stereocenters. The van der Waals surface area contributed by atoms with Crippen molar-refractivity contribution in [1.29, 1.82) is 0 Å². The molecule has 0 aliphatic rings. The molecular formula is C7H15F2NO4S. The summed E-state index contributed by atoms with van der Waals surface area (Å²) in [6, 6.07) is 0. The quantitative estimate of drug-likeness (QED) is 0.659. The molecule has 0 aliphatic carbocycles. The summed E-state index contributed by atoms with van der Waals surface area (Å²) in [7, 11) is -3.22. The molecule has 0 bridgehead atoms. The van der Waals surface area contributed by atoms with Crippen LogP contribution in [-0.2, 0) is 14.8 Å². The third kappa shape index (κ3) is 5.98. The van der Waals surface area contributed by atoms with Crippen molar-refractivity contribution in [2.24, 2.45) is 0 Å². The zero-order valence-electron chi connectivity index (χ0n) is 8.53. The highest BCUT2D eigenvalue weighted by atomic mass is 32.2. The molecule has 0 amide bonds. The van der Waals surface area contributed by atoms with Crippen molar-refractivity contribution in [3.63, 3.8) is 0 Å². The number of halogens is 2. The Balaban J connectivity index is 4.14. The summed E-state index contributed by atoms with van der Waals surface area (Å²) in [6.07, 6.45) is 0.148. The van der Waals surface area contributed by atoms with Gasteiger partial charge in [-0.2, -0.15) is 8.78 Å². The van der Waals surface area contributed by atoms with Gasteiger partial charge in [-0.05, 0) is 6.92 Å². The first-order valence-corrected chi connectivity index (χ1v) is 5.74. The fraction of sp³-hybridized carbons (Fsp3) is 1.00. The van der Waals surface area contributed by atoms with Crippen molar-refractivity contribution in [3.05, 3.63) is 0 Å². The molecule has 0 aromatic heterocycles. The lowest BCUT2D eigenvalue weighted by Gasteiger charge is -2.22. The largest absolute Gasteiger partial charge is 0.389 e. The molecule has 0 saturated heterocycles. The maximum Gasteiger partial charge on any atom is 0.350 e. The molecule has 0 radical (unpaired) electrons. The van der Waals surface area contributed by atoms with Gasteiger partial charge in [0.2, 0.25) is 0 Å². The Kier molecular flexibility index (Phi) is 5.57. The summed E-state index contributed by atoms with van der Waals surface area (Å²) in [5.74, 6) is -3.49. The van der Waals surface area contributed by atoms with Gasteiger partial charge in [-0.25, -0.2) is 13.1 Å². The summed E-state index contributed by atoms with van der Waals surface area (Å²) in [6.45, 7) is 1.08. The van der Waals surface area contributed by atoms with Gasteiger partial charge in [0, 0.05) is 26.7 Å². The fourth-order valence-corrected chi connectivity index (χ4v) is 1.37. The standard InChI is InChI=1S/C7H15F2NO4S/c1-7(11,3-4-14-2)5-10-15(12,13)6(8)9/h6,10-11H,3-5H2,1-2H3. The Labute approximate surface area is 87.5 Å². The van der Waals surface area contributed by atoms with Crippen LogP contribution in [0.2, 0.25) is 0 Å². The van der Waals surface area contributed by atoms with E-state index in [1.54, 1.807) is 4.72 Å². The van der Waals surface area contributed by atoms with E-state index < -0.39 is 27.9 Å². The lowest BCUT2D eigenvalue weighted by Crippen LogP contribution is -2.43. The number of aliphatic hydroxyl groups is 1. The van der Waals surface area contributed by atoms with Crippen molar-refractivity contribution in [3.8, 4) is 0 Å². The first-order valence-electron chi connectivity index (χ1n) is 4.19. The van der Waals surface area contributed by atoms with Gasteiger partial charge in [0.05, 0.1) is 5.60 Å². The molecule has 2 N–H and O–H groups in total. The number of hydrogen-bond acceptors (Lipinski definition) is 4. The Morgan fingerprint density at radius 1 is 1.53 bits per heavy atom. The maximum atomic E-state index is 11.9. The predicted octanol–water partition coefficient (Wildman–Crippen LogP) is -0.0841. The topological polar surface area (TPSA) is 75.6 Å². The Hall–Kier alpha value is -0.310. The van der Waals surface area contributed by atoms with Crippen molar-refractivity contribution >= 4 is 10.0 Å². The van der Waals surface area contributed by atoms with Crippen LogP contribution in [0.5, 0.6) is 0 Å². The van der Waals surface area contributed by atoms with Crippen LogP contribution in [0, 0.1) is 0 Å². The van der Waals surface area contributed by atoms with Gasteiger partial charge in [0.25, 0.3) is 10.0 Å². The van der Waals surface area contributed by atoms with Gasteiger partial charge in [-0.3, -0.25) is 0 Å². The van der Waals surface area contributed by atoms with E-state index in [-0.39, 0.29) is 13.0 Å². The molecule has 0 aliphatic heterocycles. The van der Waals surface area contributed by atoms with Crippen molar-refractivity contribution in [2.45, 2.75) is 24.7 Å². The molecule has 5 nitrogen and oxygen atoms in total. The number of nitrogens with one attached hydrogen (secondary N) is 1. The molecule has 0 aromatic carbocycles. The van der Waals surface area contributed by atoms with Crippen molar-refractivity contribution in [1.82, 2.24) is 4.72 Å². The maximum absolute atomic E-state index is 11.9. The fourth-order valence-electron chi connectivity index (χ4n) is 0.729. The monoisotopic (exact) mass is 247 g/mol. The highest BCUT2D eigenvalue weighted by molar-refractivity contribution is 7.89. The number of rotatable bonds is 7. The van der Waals surface area contributed by atoms with Crippen LogP contribution < -0.4 is 4.72 Å². The third-order valence-corrected chi connectivity index (χ3v) is 2.75. The SMILES string of the molecule is COCCC(C)(O)CNS(=O)(=O)C(F)F. The third-order valence-electron chi connectivity index (χ3n) is 1.73. The number of alkyl halides is 2. The molecule has 92 valence electrons. The van der Waals surface area contributed by atoms with Crippen molar-refractivity contribution in [2.75, 3.05) is 20.3 Å². The smallest absolute Gasteiger partial charge is 0.350 e. The molecular weight excluding hydrogens is 232 g/mol. The minimum absolute atomic E-state index is 0.148. The Morgan fingerprint density at radius 2 is 2.07 bits per heavy atom. The van der Waals surface area contributed by atoms with E-state index in [9.17, 15) is 22.3 Å². The van der Waals surface area contributed by atoms with E-state index >= 15 is 0 Å². The number of sulfonamides is 1. The molecule has 8 heteroatoms. The average Bonchev–Trinajstić information content (AvgIpc) is 2.12. The minimum atomic E-state index is -4.64. The summed E-state index contributed by atoms with van der Waals surface area (Å²) in [4.78, 5) is 0. The van der Waals surface area contributed by atoms with Crippen LogP contribution in [0.25, 0.3) is 0 Å². The minimum Gasteiger partial charge on any atom is -0.389 e. The lowest BCUT2D eigenvalue weighted by molar-refractivity contribution is 0.0289. The lowest BCUT2D eigenvalue weighted by atomic mass is 10.0. The van der Waals surface area contributed by atoms with Gasteiger partial charge in [0.15, 0.2) is 0 Å². The molecule has 0 heterocycles. The number of hydrogen-bond donors (Lipinski definition) is 2. The summed E-state index contributed by atoms with van der Waals surface area (Å²) >= 11 is 0. The van der Waals surface area contributed by atoms with E-state index in [2.05, 4.69) is 4.74 Å². The van der Waals surface area contributed by atoms with E-state index in [4.69, 9.17) is 0 Å². The number of ether oxygens (including phenoxy) is 1. The normalized spacial score (nSPS) is 16.7. The van der Waals surface area contributed by atoms with E-state index in [1.807, 2.05) is 0 Å². The van der Waals surface area contributed by atoms with Crippen LogP contribution in [-0.4, -0.2) is 45.1 Å². The number of methoxy groups -OCH3 is 1. The van der Waals surface area contributed by atoms with Gasteiger partial charge in [-0.1, -0.05) is 0 Å². The average molecular weight is 247 g/mol. The van der Waals surface area contributed by atoms with E-state index in [1.165, 1.54) is 14.0 Å². The van der Waals surface area contributed by atoms with Gasteiger partial charge in [0.1, 0.15) is 0 Å². The van der Waals surface area contributed by atoms with Crippen LogP contribution in [0.3, 0.4) is 0 Å². The van der Waals surface area contributed by atoms with Crippen LogP contribution in [0.4, 0.5) is 8.78 Å². The van der Waals surface area contributed by atoms with Gasteiger partial charge < -0.3 is 9.84 Å². The summed E-state index contributed by atoms with van der Waals surface area (Å²) in [5, 5.41) is 9.54. The first kappa shape index (κ1) is 14.7. The second kappa shape index (κ2) is 5.69. The van der Waals surface area contributed by atoms with E-state index in [0.717, 1.165) is 0 Å². The zero-order chi connectivity index (χ0) is 12.1. The van der Waals surface area contributed by atoms with E-state index in [0.29, 0.717) is 0 Å². The van der Waals surface area contributed by atoms with Crippen LogP contribution in [0.15, 0.2) is 0 Å². The first-order chi connectivity index (χ1) is 6.71. The molecule has 0 spiro atoms. The molecule has 0 saturated carbocycles. The van der Waals surface area contributed by atoms with Crippen LogP contribution in [0.1, 0.15) is 13.3 Å². The second-order valence-electron chi connectivity index (χ2n) is 3.37. The molecule has 15 heavy (non-hydrogen) atoms. The molecule has 1 unspecified atom stereocenters.